The molecule has 0 atom stereocenters. The van der Waals surface area contributed by atoms with Crippen LogP contribution in [0.3, 0.4) is 0 Å². The van der Waals surface area contributed by atoms with Crippen molar-refractivity contribution < 1.29 is 22.8 Å². The third kappa shape index (κ3) is 5.34. The zero-order valence-corrected chi connectivity index (χ0v) is 17.6. The summed E-state index contributed by atoms with van der Waals surface area (Å²) >= 11 is 0.723. The third-order valence-corrected chi connectivity index (χ3v) is 5.33. The Labute approximate surface area is 186 Å². The van der Waals surface area contributed by atoms with Crippen LogP contribution in [0.2, 0.25) is 0 Å². The van der Waals surface area contributed by atoms with Gasteiger partial charge in [0.25, 0.3) is 0 Å². The number of hydrogen-bond donors (Lipinski definition) is 1. The standard InChI is InChI=1S/C23H16F3N3O2S/c1-14-11-18(23(24,25)26)17(12-27)22(28-14)32-13-20(30)29-19-10-6-5-9-16(19)21(31)15-7-3-2-4-8-15/h2-11H,13H2,1H3,(H,29,30). The largest absolute Gasteiger partial charge is 0.417 e. The minimum atomic E-state index is -4.72. The number of thioether (sulfide) groups is 1. The van der Waals surface area contributed by atoms with Gasteiger partial charge in [0.15, 0.2) is 5.78 Å². The molecule has 1 aromatic heterocycles. The molecule has 32 heavy (non-hydrogen) atoms. The van der Waals surface area contributed by atoms with Crippen molar-refractivity contribution in [3.63, 3.8) is 0 Å². The van der Waals surface area contributed by atoms with Crippen LogP contribution >= 0.6 is 11.8 Å². The number of aryl methyl sites for hydroxylation is 1. The number of halogens is 3. The molecule has 3 rings (SSSR count). The number of carbonyl (C=O) groups is 2. The fourth-order valence-electron chi connectivity index (χ4n) is 2.94. The SMILES string of the molecule is Cc1cc(C(F)(F)F)c(C#N)c(SCC(=O)Nc2ccccc2C(=O)c2ccccc2)n1. The van der Waals surface area contributed by atoms with Crippen LogP contribution in [0, 0.1) is 18.3 Å². The van der Waals surface area contributed by atoms with Gasteiger partial charge in [-0.05, 0) is 25.1 Å². The first-order valence-corrected chi connectivity index (χ1v) is 10.3. The van der Waals surface area contributed by atoms with E-state index in [1.807, 2.05) is 0 Å². The monoisotopic (exact) mass is 455 g/mol. The van der Waals surface area contributed by atoms with Crippen LogP contribution < -0.4 is 5.32 Å². The highest BCUT2D eigenvalue weighted by Crippen LogP contribution is 2.35. The van der Waals surface area contributed by atoms with Gasteiger partial charge in [-0.15, -0.1) is 0 Å². The highest BCUT2D eigenvalue weighted by atomic mass is 32.2. The summed E-state index contributed by atoms with van der Waals surface area (Å²) in [5.74, 6) is -1.13. The average molecular weight is 455 g/mol. The summed E-state index contributed by atoms with van der Waals surface area (Å²) in [6.07, 6.45) is -4.72. The summed E-state index contributed by atoms with van der Waals surface area (Å²) in [6, 6.07) is 17.3. The van der Waals surface area contributed by atoms with Crippen molar-refractivity contribution in [1.82, 2.24) is 4.98 Å². The van der Waals surface area contributed by atoms with Gasteiger partial charge in [0, 0.05) is 16.8 Å². The molecule has 0 radical (unpaired) electrons. The van der Waals surface area contributed by atoms with Crippen LogP contribution in [0.1, 0.15) is 32.7 Å². The van der Waals surface area contributed by atoms with Gasteiger partial charge < -0.3 is 5.32 Å². The molecule has 9 heteroatoms. The quantitative estimate of drug-likeness (QED) is 0.406. The van der Waals surface area contributed by atoms with Gasteiger partial charge in [0.05, 0.1) is 22.6 Å². The first kappa shape index (κ1) is 23.0. The number of rotatable bonds is 6. The molecule has 0 spiro atoms. The average Bonchev–Trinajstić information content (AvgIpc) is 2.77. The van der Waals surface area contributed by atoms with Crippen LogP contribution in [0.5, 0.6) is 0 Å². The van der Waals surface area contributed by atoms with Gasteiger partial charge in [-0.2, -0.15) is 18.4 Å². The van der Waals surface area contributed by atoms with E-state index in [4.69, 9.17) is 0 Å². The van der Waals surface area contributed by atoms with E-state index in [2.05, 4.69) is 10.3 Å². The molecule has 0 aliphatic rings. The van der Waals surface area contributed by atoms with Gasteiger partial charge in [-0.1, -0.05) is 54.2 Å². The third-order valence-electron chi connectivity index (χ3n) is 4.35. The minimum absolute atomic E-state index is 0.0815. The second-order valence-electron chi connectivity index (χ2n) is 6.68. The molecular weight excluding hydrogens is 439 g/mol. The molecule has 0 saturated carbocycles. The first-order valence-electron chi connectivity index (χ1n) is 9.31. The summed E-state index contributed by atoms with van der Waals surface area (Å²) in [6.45, 7) is 1.38. The number of amides is 1. The van der Waals surface area contributed by atoms with Crippen molar-refractivity contribution in [3.05, 3.63) is 88.6 Å². The molecule has 0 bridgehead atoms. The summed E-state index contributed by atoms with van der Waals surface area (Å²) in [5, 5.41) is 11.7. The zero-order chi connectivity index (χ0) is 23.3. The van der Waals surface area contributed by atoms with E-state index in [-0.39, 0.29) is 33.5 Å². The fourth-order valence-corrected chi connectivity index (χ4v) is 3.78. The lowest BCUT2D eigenvalue weighted by Crippen LogP contribution is -2.17. The van der Waals surface area contributed by atoms with Crippen molar-refractivity contribution in [2.24, 2.45) is 0 Å². The zero-order valence-electron chi connectivity index (χ0n) is 16.7. The summed E-state index contributed by atoms with van der Waals surface area (Å²) in [7, 11) is 0. The fraction of sp³-hybridized carbons (Fsp3) is 0.130. The number of hydrogen-bond acceptors (Lipinski definition) is 5. The number of nitrogens with one attached hydrogen (secondary N) is 1. The number of para-hydroxylation sites is 1. The van der Waals surface area contributed by atoms with E-state index in [0.29, 0.717) is 5.56 Å². The molecular formula is C23H16F3N3O2S. The van der Waals surface area contributed by atoms with Gasteiger partial charge in [0.1, 0.15) is 11.1 Å². The number of nitriles is 1. The molecule has 1 heterocycles. The molecule has 0 aliphatic carbocycles. The topological polar surface area (TPSA) is 82.9 Å². The summed E-state index contributed by atoms with van der Waals surface area (Å²) in [4.78, 5) is 29.2. The summed E-state index contributed by atoms with van der Waals surface area (Å²) < 4.78 is 39.7. The first-order chi connectivity index (χ1) is 15.2. The van der Waals surface area contributed by atoms with Crippen LogP contribution in [-0.2, 0) is 11.0 Å². The van der Waals surface area contributed by atoms with Crippen molar-refractivity contribution >= 4 is 29.1 Å². The number of alkyl halides is 3. The van der Waals surface area contributed by atoms with E-state index in [1.54, 1.807) is 54.6 Å². The number of ketones is 1. The molecule has 0 unspecified atom stereocenters. The van der Waals surface area contributed by atoms with E-state index >= 15 is 0 Å². The Morgan fingerprint density at radius 3 is 2.41 bits per heavy atom. The van der Waals surface area contributed by atoms with E-state index in [9.17, 15) is 28.0 Å². The predicted octanol–water partition coefficient (Wildman–Crippen LogP) is 5.24. The molecule has 1 amide bonds. The maximum absolute atomic E-state index is 13.2. The number of benzene rings is 2. The smallest absolute Gasteiger partial charge is 0.325 e. The normalized spacial score (nSPS) is 11.0. The molecule has 0 fully saturated rings. The van der Waals surface area contributed by atoms with E-state index in [1.165, 1.54) is 13.0 Å². The lowest BCUT2D eigenvalue weighted by Gasteiger charge is -2.13. The second-order valence-corrected chi connectivity index (χ2v) is 7.64. The molecule has 2 aromatic carbocycles. The number of nitrogens with zero attached hydrogens (tertiary/aromatic N) is 2. The van der Waals surface area contributed by atoms with Gasteiger partial charge >= 0.3 is 6.18 Å². The van der Waals surface area contributed by atoms with Gasteiger partial charge in [-0.25, -0.2) is 4.98 Å². The summed E-state index contributed by atoms with van der Waals surface area (Å²) in [5.41, 5.74) is -0.623. The Morgan fingerprint density at radius 2 is 1.75 bits per heavy atom. The highest BCUT2D eigenvalue weighted by molar-refractivity contribution is 8.00. The number of pyridine rings is 1. The van der Waals surface area contributed by atoms with Crippen molar-refractivity contribution in [1.29, 1.82) is 5.26 Å². The maximum atomic E-state index is 13.2. The lowest BCUT2D eigenvalue weighted by atomic mass is 10.0. The molecule has 3 aromatic rings. The Balaban J connectivity index is 1.78. The molecule has 162 valence electrons. The highest BCUT2D eigenvalue weighted by Gasteiger charge is 2.35. The van der Waals surface area contributed by atoms with Crippen molar-refractivity contribution in [2.45, 2.75) is 18.1 Å². The van der Waals surface area contributed by atoms with Crippen molar-refractivity contribution in [3.8, 4) is 6.07 Å². The number of carbonyl (C=O) groups excluding carboxylic acids is 2. The van der Waals surface area contributed by atoms with Crippen LogP contribution in [-0.4, -0.2) is 22.4 Å². The Hall–Kier alpha value is -3.64. The van der Waals surface area contributed by atoms with Crippen molar-refractivity contribution in [2.75, 3.05) is 11.1 Å². The van der Waals surface area contributed by atoms with Gasteiger partial charge in [-0.3, -0.25) is 9.59 Å². The maximum Gasteiger partial charge on any atom is 0.417 e. The molecule has 1 N–H and O–H groups in total. The van der Waals surface area contributed by atoms with E-state index < -0.39 is 23.2 Å². The van der Waals surface area contributed by atoms with Crippen LogP contribution in [0.15, 0.2) is 65.7 Å². The Morgan fingerprint density at radius 1 is 1.09 bits per heavy atom. The van der Waals surface area contributed by atoms with Crippen LogP contribution in [0.4, 0.5) is 18.9 Å². The number of aromatic nitrogens is 1. The Bertz CT molecular complexity index is 1210. The Kier molecular flexibility index (Phi) is 6.95. The van der Waals surface area contributed by atoms with E-state index in [0.717, 1.165) is 17.8 Å². The number of anilines is 1. The molecule has 5 nitrogen and oxygen atoms in total. The molecule has 0 aliphatic heterocycles. The predicted molar refractivity (Wildman–Crippen MR) is 114 cm³/mol. The van der Waals surface area contributed by atoms with Crippen LogP contribution in [0.25, 0.3) is 0 Å². The van der Waals surface area contributed by atoms with Gasteiger partial charge in [0.2, 0.25) is 5.91 Å². The lowest BCUT2D eigenvalue weighted by molar-refractivity contribution is -0.138. The molecule has 0 saturated heterocycles. The second kappa shape index (κ2) is 9.66. The minimum Gasteiger partial charge on any atom is -0.325 e.